The summed E-state index contributed by atoms with van der Waals surface area (Å²) >= 11 is 1.43. The largest absolute Gasteiger partial charge is 0.374 e. The smallest absolute Gasteiger partial charge is 0.134 e. The van der Waals surface area contributed by atoms with E-state index < -0.39 is 0 Å². The monoisotopic (exact) mass is 291 g/mol. The van der Waals surface area contributed by atoms with Crippen molar-refractivity contribution in [2.24, 2.45) is 0 Å². The zero-order valence-electron chi connectivity index (χ0n) is 12.3. The minimum Gasteiger partial charge on any atom is -0.374 e. The molecule has 0 radical (unpaired) electrons. The summed E-state index contributed by atoms with van der Waals surface area (Å²) < 4.78 is 4.04. The molecule has 0 fully saturated rings. The summed E-state index contributed by atoms with van der Waals surface area (Å²) in [7, 11) is 2.08. The van der Waals surface area contributed by atoms with Crippen molar-refractivity contribution in [3.8, 4) is 0 Å². The predicted octanol–water partition coefficient (Wildman–Crippen LogP) is 2.70. The van der Waals surface area contributed by atoms with Crippen molar-refractivity contribution in [3.05, 3.63) is 35.3 Å². The lowest BCUT2D eigenvalue weighted by molar-refractivity contribution is 0.311. The van der Waals surface area contributed by atoms with Crippen molar-refractivity contribution >= 4 is 16.5 Å². The van der Waals surface area contributed by atoms with Crippen molar-refractivity contribution in [2.75, 3.05) is 18.9 Å². The zero-order valence-corrected chi connectivity index (χ0v) is 13.1. The van der Waals surface area contributed by atoms with Gasteiger partial charge in [-0.3, -0.25) is 9.88 Å². The van der Waals surface area contributed by atoms with Gasteiger partial charge in [-0.2, -0.15) is 0 Å². The molecule has 108 valence electrons. The average Bonchev–Trinajstić information content (AvgIpc) is 2.83. The molecule has 2 heterocycles. The van der Waals surface area contributed by atoms with Gasteiger partial charge in [0.1, 0.15) is 10.7 Å². The number of rotatable bonds is 7. The molecule has 6 heteroatoms. The van der Waals surface area contributed by atoms with Gasteiger partial charge in [0, 0.05) is 36.9 Å². The topological polar surface area (TPSA) is 53.9 Å². The van der Waals surface area contributed by atoms with E-state index in [-0.39, 0.29) is 0 Å². The number of aromatic nitrogens is 3. The van der Waals surface area contributed by atoms with Gasteiger partial charge < -0.3 is 5.32 Å². The highest BCUT2D eigenvalue weighted by atomic mass is 32.1. The number of aryl methyl sites for hydroxylation is 1. The first-order valence-corrected chi connectivity index (χ1v) is 7.62. The summed E-state index contributed by atoms with van der Waals surface area (Å²) in [5, 5.41) is 8.66. The lowest BCUT2D eigenvalue weighted by atomic mass is 10.3. The fourth-order valence-corrected chi connectivity index (χ4v) is 2.56. The van der Waals surface area contributed by atoms with Gasteiger partial charge in [0.2, 0.25) is 0 Å². The summed E-state index contributed by atoms with van der Waals surface area (Å²) in [6.45, 7) is 6.71. The van der Waals surface area contributed by atoms with Crippen LogP contribution in [0.5, 0.6) is 0 Å². The second-order valence-corrected chi connectivity index (χ2v) is 5.67. The van der Waals surface area contributed by atoms with Crippen LogP contribution in [0.2, 0.25) is 0 Å². The van der Waals surface area contributed by atoms with Crippen LogP contribution in [0.25, 0.3) is 0 Å². The summed E-state index contributed by atoms with van der Waals surface area (Å²) in [6.07, 6.45) is 1.10. The van der Waals surface area contributed by atoms with Crippen LogP contribution in [-0.4, -0.2) is 33.1 Å². The number of anilines is 1. The molecule has 0 aliphatic carbocycles. The van der Waals surface area contributed by atoms with E-state index in [1.165, 1.54) is 11.5 Å². The number of nitrogens with zero attached hydrogens (tertiary/aromatic N) is 4. The van der Waals surface area contributed by atoms with Crippen LogP contribution in [0.4, 0.5) is 5.00 Å². The van der Waals surface area contributed by atoms with E-state index >= 15 is 0 Å². The van der Waals surface area contributed by atoms with Gasteiger partial charge in [0.25, 0.3) is 0 Å². The van der Waals surface area contributed by atoms with Gasteiger partial charge >= 0.3 is 0 Å². The van der Waals surface area contributed by atoms with Crippen LogP contribution in [0.1, 0.15) is 30.4 Å². The number of hydrogen-bond donors (Lipinski definition) is 1. The fourth-order valence-electron chi connectivity index (χ4n) is 1.96. The Morgan fingerprint density at radius 1 is 1.30 bits per heavy atom. The van der Waals surface area contributed by atoms with Gasteiger partial charge in [-0.1, -0.05) is 17.5 Å². The maximum absolute atomic E-state index is 4.52. The van der Waals surface area contributed by atoms with E-state index in [4.69, 9.17) is 0 Å². The Kier molecular flexibility index (Phi) is 5.43. The normalized spacial score (nSPS) is 11.0. The van der Waals surface area contributed by atoms with Crippen LogP contribution in [0, 0.1) is 6.92 Å². The maximum Gasteiger partial charge on any atom is 0.134 e. The van der Waals surface area contributed by atoms with Gasteiger partial charge in [0.15, 0.2) is 0 Å². The minimum absolute atomic E-state index is 0.776. The summed E-state index contributed by atoms with van der Waals surface area (Å²) in [6, 6.07) is 6.11. The number of hydrogen-bond acceptors (Lipinski definition) is 6. The minimum atomic E-state index is 0.776. The number of pyridine rings is 1. The lowest BCUT2D eigenvalue weighted by Crippen LogP contribution is -2.19. The Morgan fingerprint density at radius 3 is 2.90 bits per heavy atom. The van der Waals surface area contributed by atoms with Crippen LogP contribution >= 0.6 is 11.5 Å². The van der Waals surface area contributed by atoms with Gasteiger partial charge in [-0.15, -0.1) is 5.10 Å². The highest BCUT2D eigenvalue weighted by Gasteiger charge is 2.10. The molecule has 0 bridgehead atoms. The van der Waals surface area contributed by atoms with E-state index in [0.717, 1.165) is 48.1 Å². The highest BCUT2D eigenvalue weighted by Crippen LogP contribution is 2.19. The Bertz CT molecular complexity index is 540. The summed E-state index contributed by atoms with van der Waals surface area (Å²) in [4.78, 5) is 6.73. The van der Waals surface area contributed by atoms with E-state index in [9.17, 15) is 0 Å². The van der Waals surface area contributed by atoms with Crippen molar-refractivity contribution in [2.45, 2.75) is 33.4 Å². The third kappa shape index (κ3) is 4.25. The molecule has 2 aromatic heterocycles. The van der Waals surface area contributed by atoms with Crippen LogP contribution in [0.15, 0.2) is 18.2 Å². The average molecular weight is 291 g/mol. The molecule has 0 amide bonds. The third-order valence-electron chi connectivity index (χ3n) is 2.89. The van der Waals surface area contributed by atoms with E-state index in [1.54, 1.807) is 0 Å². The summed E-state index contributed by atoms with van der Waals surface area (Å²) in [5.41, 5.74) is 3.15. The van der Waals surface area contributed by atoms with E-state index in [0.29, 0.717) is 0 Å². The van der Waals surface area contributed by atoms with Crippen molar-refractivity contribution < 1.29 is 0 Å². The fraction of sp³-hybridized carbons (Fsp3) is 0.500. The number of nitrogens with one attached hydrogen (secondary N) is 1. The standard InChI is InChI=1S/C14H21N5S/c1-4-8-15-14-13(17-18-20-14)10-19(3)9-12-7-5-6-11(2)16-12/h5-7,15H,4,8-10H2,1-3H3. The van der Waals surface area contributed by atoms with Crippen molar-refractivity contribution in [1.29, 1.82) is 0 Å². The molecule has 0 atom stereocenters. The Labute approximate surface area is 124 Å². The first-order chi connectivity index (χ1) is 9.69. The molecule has 0 unspecified atom stereocenters. The molecule has 0 saturated heterocycles. The first-order valence-electron chi connectivity index (χ1n) is 6.85. The molecular formula is C14H21N5S. The van der Waals surface area contributed by atoms with Crippen LogP contribution < -0.4 is 5.32 Å². The Hall–Kier alpha value is -1.53. The molecule has 0 aliphatic rings. The van der Waals surface area contributed by atoms with Crippen LogP contribution in [-0.2, 0) is 13.1 Å². The van der Waals surface area contributed by atoms with E-state index in [1.807, 2.05) is 19.1 Å². The maximum atomic E-state index is 4.52. The molecule has 0 aliphatic heterocycles. The van der Waals surface area contributed by atoms with Gasteiger partial charge in [-0.05, 0) is 32.5 Å². The molecule has 2 aromatic rings. The Balaban J connectivity index is 1.94. The van der Waals surface area contributed by atoms with Crippen molar-refractivity contribution in [1.82, 2.24) is 19.5 Å². The van der Waals surface area contributed by atoms with Gasteiger partial charge in [-0.25, -0.2) is 0 Å². The van der Waals surface area contributed by atoms with Crippen LogP contribution in [0.3, 0.4) is 0 Å². The summed E-state index contributed by atoms with van der Waals surface area (Å²) in [5.74, 6) is 0. The SMILES string of the molecule is CCCNc1snnc1CN(C)Cc1cccc(C)n1. The molecule has 0 aromatic carbocycles. The van der Waals surface area contributed by atoms with Crippen molar-refractivity contribution in [3.63, 3.8) is 0 Å². The van der Waals surface area contributed by atoms with Gasteiger partial charge in [0.05, 0.1) is 5.69 Å². The molecule has 0 saturated carbocycles. The molecule has 20 heavy (non-hydrogen) atoms. The second-order valence-electron chi connectivity index (χ2n) is 4.92. The third-order valence-corrected chi connectivity index (χ3v) is 3.61. The predicted molar refractivity (Wildman–Crippen MR) is 82.8 cm³/mol. The lowest BCUT2D eigenvalue weighted by Gasteiger charge is -2.15. The second kappa shape index (κ2) is 7.31. The Morgan fingerprint density at radius 2 is 2.15 bits per heavy atom. The zero-order chi connectivity index (χ0) is 14.4. The molecule has 5 nitrogen and oxygen atoms in total. The molecule has 2 rings (SSSR count). The highest BCUT2D eigenvalue weighted by molar-refractivity contribution is 7.10. The molecule has 0 spiro atoms. The molecular weight excluding hydrogens is 270 g/mol. The quantitative estimate of drug-likeness (QED) is 0.850. The molecule has 1 N–H and O–H groups in total. The van der Waals surface area contributed by atoms with E-state index in [2.05, 4.69) is 44.8 Å². The first kappa shape index (κ1) is 14.9.